The summed E-state index contributed by atoms with van der Waals surface area (Å²) < 4.78 is 25.6. The maximum atomic E-state index is 13.9. The van der Waals surface area contributed by atoms with E-state index in [0.717, 1.165) is 18.4 Å². The number of carbonyl (C=O) groups is 1. The van der Waals surface area contributed by atoms with Crippen molar-refractivity contribution in [3.05, 3.63) is 60.0 Å². The van der Waals surface area contributed by atoms with Gasteiger partial charge in [-0.3, -0.25) is 4.98 Å². The van der Waals surface area contributed by atoms with Gasteiger partial charge < -0.3 is 19.4 Å². The molecule has 2 aliphatic rings. The Bertz CT molecular complexity index is 1110. The molecule has 32 heavy (non-hydrogen) atoms. The predicted molar refractivity (Wildman–Crippen MR) is 114 cm³/mol. The van der Waals surface area contributed by atoms with Gasteiger partial charge in [0.25, 0.3) is 0 Å². The number of benzene rings is 1. The number of likely N-dealkylation sites (tertiary alicyclic amines) is 1. The van der Waals surface area contributed by atoms with Crippen molar-refractivity contribution in [3.63, 3.8) is 0 Å². The summed E-state index contributed by atoms with van der Waals surface area (Å²) in [4.78, 5) is 18.9. The molecule has 0 radical (unpaired) electrons. The molecule has 1 unspecified atom stereocenters. The summed E-state index contributed by atoms with van der Waals surface area (Å²) in [6, 6.07) is 8.04. The van der Waals surface area contributed by atoms with E-state index in [1.54, 1.807) is 36.4 Å². The van der Waals surface area contributed by atoms with Crippen LogP contribution < -0.4 is 5.32 Å². The maximum absolute atomic E-state index is 13.9. The first kappa shape index (κ1) is 20.6. The molecule has 2 saturated heterocycles. The van der Waals surface area contributed by atoms with Crippen LogP contribution in [0, 0.1) is 18.2 Å². The number of pyridine rings is 1. The molecule has 1 spiro atoms. The largest absolute Gasteiger partial charge is 0.420 e. The quantitative estimate of drug-likeness (QED) is 0.666. The van der Waals surface area contributed by atoms with Gasteiger partial charge in [-0.1, -0.05) is 6.07 Å². The summed E-state index contributed by atoms with van der Waals surface area (Å²) >= 11 is 0. The molecule has 2 fully saturated rings. The minimum absolute atomic E-state index is 0.103. The van der Waals surface area contributed by atoms with Gasteiger partial charge in [-0.2, -0.15) is 0 Å². The van der Waals surface area contributed by atoms with Gasteiger partial charge >= 0.3 is 6.03 Å². The molecule has 2 amide bonds. The van der Waals surface area contributed by atoms with Crippen molar-refractivity contribution in [3.8, 4) is 11.5 Å². The molecule has 2 aliphatic heterocycles. The SMILES string of the molecule is Cc1c(F)cccc1NC(=O)N1CC(c2nnc(-c3ccncc3)o2)C2(CCOCC2)C1. The number of aromatic nitrogens is 3. The molecular weight excluding hydrogens is 413 g/mol. The summed E-state index contributed by atoms with van der Waals surface area (Å²) in [6.07, 6.45) is 4.95. The highest BCUT2D eigenvalue weighted by Crippen LogP contribution is 2.49. The van der Waals surface area contributed by atoms with Crippen LogP contribution in [-0.2, 0) is 4.74 Å². The molecule has 8 nitrogen and oxygen atoms in total. The third-order valence-electron chi connectivity index (χ3n) is 6.60. The standard InChI is InChI=1S/C23H24FN5O3/c1-15-18(24)3-2-4-19(15)26-22(30)29-13-17(23(14-29)7-11-31-12-8-23)21-28-27-20(32-21)16-5-9-25-10-6-16/h2-6,9-10,17H,7-8,11-14H2,1H3,(H,26,30). The zero-order valence-electron chi connectivity index (χ0n) is 17.8. The number of ether oxygens (including phenoxy) is 1. The van der Waals surface area contributed by atoms with Crippen molar-refractivity contribution in [2.45, 2.75) is 25.7 Å². The Morgan fingerprint density at radius 1 is 1.19 bits per heavy atom. The monoisotopic (exact) mass is 437 g/mol. The van der Waals surface area contributed by atoms with E-state index in [2.05, 4.69) is 20.5 Å². The van der Waals surface area contributed by atoms with Crippen molar-refractivity contribution < 1.29 is 18.3 Å². The number of hydrogen-bond donors (Lipinski definition) is 1. The summed E-state index contributed by atoms with van der Waals surface area (Å²) in [5.41, 5.74) is 1.48. The van der Waals surface area contributed by atoms with Crippen LogP contribution in [-0.4, -0.2) is 52.4 Å². The Labute approximate surface area is 184 Å². The number of urea groups is 1. The van der Waals surface area contributed by atoms with Gasteiger partial charge in [-0.25, -0.2) is 9.18 Å². The topological polar surface area (TPSA) is 93.4 Å². The van der Waals surface area contributed by atoms with Crippen LogP contribution in [0.1, 0.15) is 30.2 Å². The molecule has 3 aromatic rings. The summed E-state index contributed by atoms with van der Waals surface area (Å²) in [5.74, 6) is 0.505. The van der Waals surface area contributed by atoms with Crippen molar-refractivity contribution in [2.24, 2.45) is 5.41 Å². The fraction of sp³-hybridized carbons (Fsp3) is 0.391. The first-order valence-corrected chi connectivity index (χ1v) is 10.7. The van der Waals surface area contributed by atoms with Gasteiger partial charge in [0, 0.05) is 60.9 Å². The van der Waals surface area contributed by atoms with E-state index >= 15 is 0 Å². The number of carbonyl (C=O) groups excluding carboxylic acids is 1. The number of rotatable bonds is 3. The Morgan fingerprint density at radius 2 is 1.97 bits per heavy atom. The minimum atomic E-state index is -0.350. The highest BCUT2D eigenvalue weighted by atomic mass is 19.1. The predicted octanol–water partition coefficient (Wildman–Crippen LogP) is 4.01. The molecule has 166 valence electrons. The van der Waals surface area contributed by atoms with Gasteiger partial charge in [0.2, 0.25) is 11.8 Å². The number of amides is 2. The lowest BCUT2D eigenvalue weighted by Crippen LogP contribution is -2.38. The summed E-state index contributed by atoms with van der Waals surface area (Å²) in [7, 11) is 0. The Morgan fingerprint density at radius 3 is 2.75 bits per heavy atom. The zero-order valence-corrected chi connectivity index (χ0v) is 17.8. The average molecular weight is 437 g/mol. The highest BCUT2D eigenvalue weighted by Gasteiger charge is 2.51. The molecule has 1 atom stereocenters. The van der Waals surface area contributed by atoms with Crippen LogP contribution in [0.5, 0.6) is 0 Å². The lowest BCUT2D eigenvalue weighted by Gasteiger charge is -2.36. The molecule has 0 aliphatic carbocycles. The smallest absolute Gasteiger partial charge is 0.321 e. The van der Waals surface area contributed by atoms with Gasteiger partial charge in [-0.05, 0) is 44.0 Å². The second-order valence-electron chi connectivity index (χ2n) is 8.43. The molecular formula is C23H24FN5O3. The highest BCUT2D eigenvalue weighted by molar-refractivity contribution is 5.90. The second-order valence-corrected chi connectivity index (χ2v) is 8.43. The third kappa shape index (κ3) is 3.73. The van der Waals surface area contributed by atoms with Gasteiger partial charge in [0.15, 0.2) is 0 Å². The van der Waals surface area contributed by atoms with E-state index in [9.17, 15) is 9.18 Å². The Kier molecular flexibility index (Phi) is 5.34. The number of anilines is 1. The van der Waals surface area contributed by atoms with Crippen LogP contribution >= 0.6 is 0 Å². The van der Waals surface area contributed by atoms with E-state index in [4.69, 9.17) is 9.15 Å². The molecule has 0 saturated carbocycles. The first-order valence-electron chi connectivity index (χ1n) is 10.7. The van der Waals surface area contributed by atoms with E-state index in [-0.39, 0.29) is 23.2 Å². The van der Waals surface area contributed by atoms with Crippen LogP contribution in [0.15, 0.2) is 47.1 Å². The van der Waals surface area contributed by atoms with E-state index in [1.807, 2.05) is 12.1 Å². The third-order valence-corrected chi connectivity index (χ3v) is 6.60. The van der Waals surface area contributed by atoms with Crippen molar-refractivity contribution in [2.75, 3.05) is 31.6 Å². The van der Waals surface area contributed by atoms with E-state index < -0.39 is 0 Å². The van der Waals surface area contributed by atoms with Gasteiger partial charge in [0.1, 0.15) is 5.82 Å². The van der Waals surface area contributed by atoms with Crippen molar-refractivity contribution in [1.29, 1.82) is 0 Å². The second kappa shape index (κ2) is 8.31. The average Bonchev–Trinajstić information content (AvgIpc) is 3.43. The van der Waals surface area contributed by atoms with Gasteiger partial charge in [0.05, 0.1) is 5.92 Å². The first-order chi connectivity index (χ1) is 15.6. The van der Waals surface area contributed by atoms with Crippen molar-refractivity contribution in [1.82, 2.24) is 20.1 Å². The summed E-state index contributed by atoms with van der Waals surface area (Å²) in [5, 5.41) is 11.4. The molecule has 2 aromatic heterocycles. The van der Waals surface area contributed by atoms with Gasteiger partial charge in [-0.15, -0.1) is 10.2 Å². The molecule has 5 rings (SSSR count). The maximum Gasteiger partial charge on any atom is 0.321 e. The zero-order chi connectivity index (χ0) is 22.1. The minimum Gasteiger partial charge on any atom is -0.420 e. The molecule has 0 bridgehead atoms. The normalized spacial score (nSPS) is 19.9. The van der Waals surface area contributed by atoms with Crippen molar-refractivity contribution >= 4 is 11.7 Å². The van der Waals surface area contributed by atoms with E-state index in [1.165, 1.54) is 6.07 Å². The van der Waals surface area contributed by atoms with E-state index in [0.29, 0.717) is 49.3 Å². The van der Waals surface area contributed by atoms with Crippen LogP contribution in [0.25, 0.3) is 11.5 Å². The fourth-order valence-electron chi connectivity index (χ4n) is 4.67. The molecule has 4 heterocycles. The Hall–Kier alpha value is -3.33. The number of nitrogens with zero attached hydrogens (tertiary/aromatic N) is 4. The van der Waals surface area contributed by atoms with Crippen LogP contribution in [0.4, 0.5) is 14.9 Å². The lowest BCUT2D eigenvalue weighted by atomic mass is 9.72. The number of hydrogen-bond acceptors (Lipinski definition) is 6. The van der Waals surface area contributed by atoms with Crippen LogP contribution in [0.2, 0.25) is 0 Å². The molecule has 9 heteroatoms. The number of nitrogens with one attached hydrogen (secondary N) is 1. The fourth-order valence-corrected chi connectivity index (χ4v) is 4.67. The van der Waals surface area contributed by atoms with Crippen LogP contribution in [0.3, 0.4) is 0 Å². The Balaban J connectivity index is 1.40. The summed E-state index contributed by atoms with van der Waals surface area (Å²) in [6.45, 7) is 3.89. The molecule has 1 N–H and O–H groups in total. The molecule has 1 aromatic carbocycles. The number of halogens is 1. The lowest BCUT2D eigenvalue weighted by molar-refractivity contribution is 0.0104.